The van der Waals surface area contributed by atoms with Crippen molar-refractivity contribution >= 4 is 15.9 Å². The monoisotopic (exact) mass is 238 g/mol. The number of hydrogen-bond acceptors (Lipinski definition) is 2. The molecule has 66 valence electrons. The predicted molar refractivity (Wildman–Crippen MR) is 52.9 cm³/mol. The second kappa shape index (κ2) is 3.22. The molecule has 0 unspecified atom stereocenters. The number of phenols is 1. The summed E-state index contributed by atoms with van der Waals surface area (Å²) in [5, 5.41) is 13.6. The average molecular weight is 239 g/mol. The first kappa shape index (κ1) is 8.31. The summed E-state index contributed by atoms with van der Waals surface area (Å²) < 4.78 is 2.50. The molecule has 2 aromatic rings. The maximum absolute atomic E-state index is 9.50. The van der Waals surface area contributed by atoms with Crippen LogP contribution >= 0.6 is 15.9 Å². The van der Waals surface area contributed by atoms with E-state index in [-0.39, 0.29) is 5.75 Å². The quantitative estimate of drug-likeness (QED) is 0.829. The molecule has 3 nitrogen and oxygen atoms in total. The zero-order chi connectivity index (χ0) is 9.26. The van der Waals surface area contributed by atoms with E-state index in [0.717, 1.165) is 4.47 Å². The number of phenolic OH excluding ortho intramolecular Hbond substituents is 1. The Morgan fingerprint density at radius 3 is 2.69 bits per heavy atom. The minimum atomic E-state index is 0.220. The minimum absolute atomic E-state index is 0.220. The minimum Gasteiger partial charge on any atom is -0.506 e. The zero-order valence-corrected chi connectivity index (χ0v) is 8.27. The van der Waals surface area contributed by atoms with Crippen molar-refractivity contribution in [1.29, 1.82) is 0 Å². The topological polar surface area (TPSA) is 38.0 Å². The van der Waals surface area contributed by atoms with Gasteiger partial charge >= 0.3 is 0 Å². The number of aromatic hydroxyl groups is 1. The van der Waals surface area contributed by atoms with E-state index in [4.69, 9.17) is 0 Å². The van der Waals surface area contributed by atoms with Crippen molar-refractivity contribution in [3.8, 4) is 11.4 Å². The molecular weight excluding hydrogens is 232 g/mol. The first-order chi connectivity index (χ1) is 6.27. The SMILES string of the molecule is Oc1ccccc1-n1cc(Br)cn1. The maximum atomic E-state index is 9.50. The standard InChI is InChI=1S/C9H7BrN2O/c10-7-5-11-12(6-7)8-3-1-2-4-9(8)13/h1-6,13H. The van der Waals surface area contributed by atoms with Crippen LogP contribution in [0.4, 0.5) is 0 Å². The number of nitrogens with zero attached hydrogens (tertiary/aromatic N) is 2. The van der Waals surface area contributed by atoms with Crippen molar-refractivity contribution in [3.05, 3.63) is 41.1 Å². The summed E-state index contributed by atoms with van der Waals surface area (Å²) in [7, 11) is 0. The Hall–Kier alpha value is -1.29. The molecule has 13 heavy (non-hydrogen) atoms. The van der Waals surface area contributed by atoms with Crippen LogP contribution in [-0.2, 0) is 0 Å². The predicted octanol–water partition coefficient (Wildman–Crippen LogP) is 2.34. The van der Waals surface area contributed by atoms with Gasteiger partial charge in [-0.05, 0) is 28.1 Å². The van der Waals surface area contributed by atoms with Gasteiger partial charge in [0.05, 0.1) is 10.7 Å². The Kier molecular flexibility index (Phi) is 2.06. The van der Waals surface area contributed by atoms with Gasteiger partial charge in [0.15, 0.2) is 0 Å². The molecule has 0 saturated carbocycles. The number of hydrogen-bond donors (Lipinski definition) is 1. The normalized spacial score (nSPS) is 10.2. The molecule has 1 heterocycles. The van der Waals surface area contributed by atoms with Gasteiger partial charge in [0, 0.05) is 6.20 Å². The fourth-order valence-corrected chi connectivity index (χ4v) is 1.38. The molecule has 0 amide bonds. The van der Waals surface area contributed by atoms with E-state index < -0.39 is 0 Å². The van der Waals surface area contributed by atoms with Gasteiger partial charge in [-0.1, -0.05) is 12.1 Å². The van der Waals surface area contributed by atoms with Crippen LogP contribution in [0.1, 0.15) is 0 Å². The summed E-state index contributed by atoms with van der Waals surface area (Å²) >= 11 is 3.29. The fraction of sp³-hybridized carbons (Fsp3) is 0. The zero-order valence-electron chi connectivity index (χ0n) is 6.68. The Morgan fingerprint density at radius 1 is 1.31 bits per heavy atom. The summed E-state index contributed by atoms with van der Waals surface area (Å²) in [6.07, 6.45) is 3.46. The van der Waals surface area contributed by atoms with E-state index in [0.29, 0.717) is 5.69 Å². The van der Waals surface area contributed by atoms with Crippen molar-refractivity contribution in [2.24, 2.45) is 0 Å². The lowest BCUT2D eigenvalue weighted by Crippen LogP contribution is -1.93. The second-order valence-corrected chi connectivity index (χ2v) is 3.51. The lowest BCUT2D eigenvalue weighted by atomic mass is 10.3. The molecule has 1 N–H and O–H groups in total. The van der Waals surface area contributed by atoms with Crippen molar-refractivity contribution in [1.82, 2.24) is 9.78 Å². The molecule has 0 aliphatic carbocycles. The summed E-state index contributed by atoms with van der Waals surface area (Å²) in [4.78, 5) is 0. The van der Waals surface area contributed by atoms with E-state index in [2.05, 4.69) is 21.0 Å². The van der Waals surface area contributed by atoms with Crippen LogP contribution in [0, 0.1) is 0 Å². The van der Waals surface area contributed by atoms with Crippen molar-refractivity contribution < 1.29 is 5.11 Å². The molecule has 0 atom stereocenters. The molecule has 1 aromatic heterocycles. The molecule has 0 radical (unpaired) electrons. The first-order valence-electron chi connectivity index (χ1n) is 3.76. The highest BCUT2D eigenvalue weighted by Gasteiger charge is 2.02. The fourth-order valence-electron chi connectivity index (χ4n) is 1.09. The molecule has 0 fully saturated rings. The summed E-state index contributed by atoms with van der Waals surface area (Å²) in [6.45, 7) is 0. The summed E-state index contributed by atoms with van der Waals surface area (Å²) in [5.41, 5.74) is 0.674. The molecule has 0 saturated heterocycles. The Bertz CT molecular complexity index is 425. The maximum Gasteiger partial charge on any atom is 0.141 e. The van der Waals surface area contributed by atoms with E-state index in [1.165, 1.54) is 0 Å². The number of rotatable bonds is 1. The van der Waals surface area contributed by atoms with Crippen LogP contribution in [0.15, 0.2) is 41.1 Å². The molecule has 4 heteroatoms. The highest BCUT2D eigenvalue weighted by Crippen LogP contribution is 2.21. The Morgan fingerprint density at radius 2 is 2.08 bits per heavy atom. The molecule has 0 aliphatic heterocycles. The third kappa shape index (κ3) is 1.58. The third-order valence-electron chi connectivity index (χ3n) is 1.68. The van der Waals surface area contributed by atoms with Gasteiger partial charge in [-0.25, -0.2) is 4.68 Å². The van der Waals surface area contributed by atoms with Crippen LogP contribution in [0.3, 0.4) is 0 Å². The number of para-hydroxylation sites is 2. The largest absolute Gasteiger partial charge is 0.506 e. The third-order valence-corrected chi connectivity index (χ3v) is 2.09. The van der Waals surface area contributed by atoms with Gasteiger partial charge in [-0.3, -0.25) is 0 Å². The smallest absolute Gasteiger partial charge is 0.141 e. The molecule has 1 aromatic carbocycles. The van der Waals surface area contributed by atoms with Gasteiger partial charge in [-0.15, -0.1) is 0 Å². The molecular formula is C9H7BrN2O. The van der Waals surface area contributed by atoms with Crippen LogP contribution in [-0.4, -0.2) is 14.9 Å². The van der Waals surface area contributed by atoms with E-state index in [9.17, 15) is 5.11 Å². The van der Waals surface area contributed by atoms with Crippen LogP contribution in [0.5, 0.6) is 5.75 Å². The Labute approximate surface area is 83.8 Å². The van der Waals surface area contributed by atoms with Crippen LogP contribution < -0.4 is 0 Å². The average Bonchev–Trinajstić information content (AvgIpc) is 2.53. The molecule has 2 rings (SSSR count). The first-order valence-corrected chi connectivity index (χ1v) is 4.55. The van der Waals surface area contributed by atoms with Crippen molar-refractivity contribution in [3.63, 3.8) is 0 Å². The molecule has 0 aliphatic rings. The van der Waals surface area contributed by atoms with E-state index in [1.807, 2.05) is 6.07 Å². The van der Waals surface area contributed by atoms with Crippen LogP contribution in [0.25, 0.3) is 5.69 Å². The number of halogens is 1. The highest BCUT2D eigenvalue weighted by atomic mass is 79.9. The van der Waals surface area contributed by atoms with Gasteiger partial charge < -0.3 is 5.11 Å². The summed E-state index contributed by atoms with van der Waals surface area (Å²) in [6, 6.07) is 7.06. The van der Waals surface area contributed by atoms with Gasteiger partial charge in [0.1, 0.15) is 11.4 Å². The van der Waals surface area contributed by atoms with Crippen molar-refractivity contribution in [2.75, 3.05) is 0 Å². The molecule has 0 spiro atoms. The van der Waals surface area contributed by atoms with Crippen molar-refractivity contribution in [2.45, 2.75) is 0 Å². The lowest BCUT2D eigenvalue weighted by Gasteiger charge is -2.02. The highest BCUT2D eigenvalue weighted by molar-refractivity contribution is 9.10. The molecule has 0 bridgehead atoms. The van der Waals surface area contributed by atoms with Crippen LogP contribution in [0.2, 0.25) is 0 Å². The van der Waals surface area contributed by atoms with Gasteiger partial charge in [0.2, 0.25) is 0 Å². The van der Waals surface area contributed by atoms with Gasteiger partial charge in [-0.2, -0.15) is 5.10 Å². The second-order valence-electron chi connectivity index (χ2n) is 2.59. The number of aromatic nitrogens is 2. The number of benzene rings is 1. The Balaban J connectivity index is 2.52. The van der Waals surface area contributed by atoms with Gasteiger partial charge in [0.25, 0.3) is 0 Å². The summed E-state index contributed by atoms with van der Waals surface area (Å²) in [5.74, 6) is 0.220. The van der Waals surface area contributed by atoms with E-state index in [1.54, 1.807) is 35.3 Å². The van der Waals surface area contributed by atoms with E-state index >= 15 is 0 Å². The lowest BCUT2D eigenvalue weighted by molar-refractivity contribution is 0.470.